The Morgan fingerprint density at radius 2 is 1.87 bits per heavy atom. The summed E-state index contributed by atoms with van der Waals surface area (Å²) in [5, 5.41) is 9.36. The van der Waals surface area contributed by atoms with Gasteiger partial charge in [-0.05, 0) is 62.3 Å². The van der Waals surface area contributed by atoms with Crippen LogP contribution in [0.15, 0.2) is 67.1 Å². The lowest BCUT2D eigenvalue weighted by Crippen LogP contribution is -2.25. The number of pyridine rings is 2. The van der Waals surface area contributed by atoms with E-state index >= 15 is 0 Å². The number of thiophene rings is 1. The van der Waals surface area contributed by atoms with Crippen molar-refractivity contribution in [1.29, 1.82) is 0 Å². The zero-order valence-corrected chi connectivity index (χ0v) is 21.4. The highest BCUT2D eigenvalue weighted by atomic mass is 32.1. The Kier molecular flexibility index (Phi) is 5.87. The van der Waals surface area contributed by atoms with Crippen LogP contribution < -0.4 is 4.74 Å². The van der Waals surface area contributed by atoms with Gasteiger partial charge in [0.2, 0.25) is 0 Å². The van der Waals surface area contributed by atoms with Crippen LogP contribution >= 0.6 is 11.3 Å². The van der Waals surface area contributed by atoms with Crippen LogP contribution in [-0.2, 0) is 0 Å². The SMILES string of the molecule is Fc1ccc(-c2cccc3[nH]c(-c4n[nH]c5ncc(-c6cncc(OCCN7CCCC7)c6)cc45)cc23)s1. The van der Waals surface area contributed by atoms with Gasteiger partial charge in [-0.1, -0.05) is 12.1 Å². The van der Waals surface area contributed by atoms with Gasteiger partial charge in [0.1, 0.15) is 18.1 Å². The van der Waals surface area contributed by atoms with Gasteiger partial charge in [0.05, 0.1) is 11.9 Å². The van der Waals surface area contributed by atoms with Gasteiger partial charge in [0, 0.05) is 56.8 Å². The predicted octanol–water partition coefficient (Wildman–Crippen LogP) is 6.51. The van der Waals surface area contributed by atoms with Crippen LogP contribution in [0.2, 0.25) is 0 Å². The molecule has 0 unspecified atom stereocenters. The minimum absolute atomic E-state index is 0.194. The number of nitrogens with one attached hydrogen (secondary N) is 2. The molecule has 7 nitrogen and oxygen atoms in total. The van der Waals surface area contributed by atoms with Crippen molar-refractivity contribution in [1.82, 2.24) is 30.0 Å². The van der Waals surface area contributed by atoms with Crippen LogP contribution in [0.25, 0.3) is 54.9 Å². The number of benzene rings is 1. The molecule has 1 aromatic carbocycles. The number of fused-ring (bicyclic) bond motifs is 2. The molecule has 1 saturated heterocycles. The summed E-state index contributed by atoms with van der Waals surface area (Å²) in [5.74, 6) is 0.752. The molecule has 5 aromatic heterocycles. The summed E-state index contributed by atoms with van der Waals surface area (Å²) in [5.41, 5.74) is 6.17. The van der Waals surface area contributed by atoms with Crippen LogP contribution in [-0.4, -0.2) is 56.3 Å². The number of halogens is 1. The molecule has 6 aromatic rings. The summed E-state index contributed by atoms with van der Waals surface area (Å²) in [4.78, 5) is 15.8. The van der Waals surface area contributed by atoms with E-state index in [1.165, 1.54) is 18.9 Å². The fourth-order valence-corrected chi connectivity index (χ4v) is 5.95. The minimum Gasteiger partial charge on any atom is -0.491 e. The fourth-order valence-electron chi connectivity index (χ4n) is 5.18. The topological polar surface area (TPSA) is 82.7 Å². The monoisotopic (exact) mass is 524 g/mol. The number of hydrogen-bond acceptors (Lipinski definition) is 6. The zero-order chi connectivity index (χ0) is 25.5. The summed E-state index contributed by atoms with van der Waals surface area (Å²) in [7, 11) is 0. The Morgan fingerprint density at radius 1 is 0.974 bits per heavy atom. The van der Waals surface area contributed by atoms with Crippen LogP contribution in [0.5, 0.6) is 5.75 Å². The smallest absolute Gasteiger partial charge is 0.176 e. The van der Waals surface area contributed by atoms with Crippen LogP contribution in [0.3, 0.4) is 0 Å². The number of likely N-dealkylation sites (tertiary alicyclic amines) is 1. The molecule has 0 radical (unpaired) electrons. The van der Waals surface area contributed by atoms with E-state index in [0.29, 0.717) is 12.3 Å². The third-order valence-corrected chi connectivity index (χ3v) is 8.00. The van der Waals surface area contributed by atoms with Crippen molar-refractivity contribution in [3.8, 4) is 38.7 Å². The number of aromatic amines is 2. The van der Waals surface area contributed by atoms with Gasteiger partial charge in [0.15, 0.2) is 10.8 Å². The molecule has 0 spiro atoms. The predicted molar refractivity (Wildman–Crippen MR) is 149 cm³/mol. The number of aromatic nitrogens is 5. The molecule has 7 rings (SSSR count). The quantitative estimate of drug-likeness (QED) is 0.249. The largest absolute Gasteiger partial charge is 0.491 e. The van der Waals surface area contributed by atoms with Crippen LogP contribution in [0.1, 0.15) is 12.8 Å². The van der Waals surface area contributed by atoms with Gasteiger partial charge in [-0.15, -0.1) is 11.3 Å². The number of H-pyrrole nitrogens is 2. The lowest BCUT2D eigenvalue weighted by molar-refractivity contribution is 0.237. The van der Waals surface area contributed by atoms with Crippen molar-refractivity contribution in [2.45, 2.75) is 12.8 Å². The maximum Gasteiger partial charge on any atom is 0.176 e. The summed E-state index contributed by atoms with van der Waals surface area (Å²) in [6.07, 6.45) is 7.95. The highest BCUT2D eigenvalue weighted by Crippen LogP contribution is 2.37. The summed E-state index contributed by atoms with van der Waals surface area (Å²) in [6.45, 7) is 3.90. The second kappa shape index (κ2) is 9.66. The first kappa shape index (κ1) is 23.1. The van der Waals surface area contributed by atoms with E-state index in [9.17, 15) is 4.39 Å². The van der Waals surface area contributed by atoms with Gasteiger partial charge in [-0.3, -0.25) is 15.0 Å². The first-order chi connectivity index (χ1) is 18.7. The van der Waals surface area contributed by atoms with E-state index in [0.717, 1.165) is 86.0 Å². The van der Waals surface area contributed by atoms with Gasteiger partial charge < -0.3 is 9.72 Å². The maximum absolute atomic E-state index is 13.7. The van der Waals surface area contributed by atoms with Gasteiger partial charge in [-0.25, -0.2) is 4.98 Å². The van der Waals surface area contributed by atoms with Crippen LogP contribution in [0.4, 0.5) is 4.39 Å². The number of ether oxygens (including phenoxy) is 1. The third kappa shape index (κ3) is 4.33. The zero-order valence-electron chi connectivity index (χ0n) is 20.6. The molecule has 190 valence electrons. The van der Waals surface area contributed by atoms with E-state index in [4.69, 9.17) is 4.74 Å². The molecule has 1 aliphatic heterocycles. The van der Waals surface area contributed by atoms with Crippen molar-refractivity contribution in [2.24, 2.45) is 0 Å². The second-order valence-corrected chi connectivity index (χ2v) is 10.6. The minimum atomic E-state index is -0.194. The van der Waals surface area contributed by atoms with Gasteiger partial charge in [0.25, 0.3) is 0 Å². The Balaban J connectivity index is 1.20. The molecule has 0 atom stereocenters. The molecule has 0 bridgehead atoms. The van der Waals surface area contributed by atoms with Gasteiger partial charge in [-0.2, -0.15) is 9.49 Å². The Hall–Kier alpha value is -4.08. The number of rotatable bonds is 7. The molecule has 38 heavy (non-hydrogen) atoms. The van der Waals surface area contributed by atoms with E-state index < -0.39 is 0 Å². The summed E-state index contributed by atoms with van der Waals surface area (Å²) in [6, 6.07) is 15.5. The van der Waals surface area contributed by atoms with Gasteiger partial charge >= 0.3 is 0 Å². The molecule has 9 heteroatoms. The molecule has 1 aliphatic rings. The molecule has 6 heterocycles. The highest BCUT2D eigenvalue weighted by Gasteiger charge is 2.16. The normalized spacial score (nSPS) is 14.1. The van der Waals surface area contributed by atoms with Crippen molar-refractivity contribution >= 4 is 33.3 Å². The lowest BCUT2D eigenvalue weighted by Gasteiger charge is -2.15. The molecule has 1 fully saturated rings. The van der Waals surface area contributed by atoms with Crippen molar-refractivity contribution in [3.63, 3.8) is 0 Å². The van der Waals surface area contributed by atoms with Crippen molar-refractivity contribution in [2.75, 3.05) is 26.2 Å². The lowest BCUT2D eigenvalue weighted by atomic mass is 10.1. The molecule has 0 amide bonds. The molecule has 0 aliphatic carbocycles. The highest BCUT2D eigenvalue weighted by molar-refractivity contribution is 7.14. The number of nitrogens with zero attached hydrogens (tertiary/aromatic N) is 4. The Bertz CT molecular complexity index is 1750. The first-order valence-corrected chi connectivity index (χ1v) is 13.6. The fraction of sp³-hybridized carbons (Fsp3) is 0.207. The van der Waals surface area contributed by atoms with E-state index in [-0.39, 0.29) is 5.13 Å². The standard InChI is InChI=1S/C29H25FN6OS/c30-27-7-6-26(38-27)21-4-3-5-24-22(21)14-25(33-24)28-23-13-19(16-32-29(23)35-34-28)18-12-20(17-31-15-18)37-11-10-36-8-1-2-9-36/h3-7,12-17,33H,1-2,8-11H2,(H,32,34,35). The molecule has 0 saturated carbocycles. The van der Waals surface area contributed by atoms with E-state index in [2.05, 4.69) is 42.2 Å². The van der Waals surface area contributed by atoms with E-state index in [1.54, 1.807) is 6.20 Å². The second-order valence-electron chi connectivity index (χ2n) is 9.55. The van der Waals surface area contributed by atoms with E-state index in [1.807, 2.05) is 42.7 Å². The maximum atomic E-state index is 13.7. The first-order valence-electron chi connectivity index (χ1n) is 12.7. The summed E-state index contributed by atoms with van der Waals surface area (Å²) >= 11 is 1.15. The van der Waals surface area contributed by atoms with Crippen molar-refractivity contribution < 1.29 is 9.13 Å². The summed E-state index contributed by atoms with van der Waals surface area (Å²) < 4.78 is 19.7. The van der Waals surface area contributed by atoms with Crippen molar-refractivity contribution in [3.05, 3.63) is 72.3 Å². The third-order valence-electron chi connectivity index (χ3n) is 7.10. The molecule has 2 N–H and O–H groups in total. The average Bonchev–Trinajstić information content (AvgIpc) is 3.74. The molecular formula is C29H25FN6OS. The average molecular weight is 525 g/mol. The number of hydrogen-bond donors (Lipinski definition) is 2. The Morgan fingerprint density at radius 3 is 2.74 bits per heavy atom. The molecular weight excluding hydrogens is 499 g/mol. The van der Waals surface area contributed by atoms with Crippen LogP contribution in [0, 0.1) is 5.13 Å². The Labute approximate surface area is 222 Å².